The maximum absolute atomic E-state index is 14.3. The van der Waals surface area contributed by atoms with Crippen LogP contribution in [0.3, 0.4) is 0 Å². The zero-order valence-electron chi connectivity index (χ0n) is 39.5. The van der Waals surface area contributed by atoms with E-state index in [1.54, 1.807) is 0 Å². The van der Waals surface area contributed by atoms with Crippen molar-refractivity contribution in [2.75, 3.05) is 62.4 Å². The van der Waals surface area contributed by atoms with Gasteiger partial charge in [-0.2, -0.15) is 178 Å². The van der Waals surface area contributed by atoms with E-state index < -0.39 is 196 Å². The molecule has 12 nitrogen and oxygen atoms in total. The van der Waals surface area contributed by atoms with Gasteiger partial charge in [-0.3, -0.25) is 0 Å². The molecule has 0 spiro atoms. The molecule has 4 heterocycles. The summed E-state index contributed by atoms with van der Waals surface area (Å²) in [5.74, 6) is -90.5. The molecule has 0 saturated carbocycles. The van der Waals surface area contributed by atoms with Crippen molar-refractivity contribution >= 4 is 11.9 Å². The van der Waals surface area contributed by atoms with E-state index in [2.05, 4.69) is 48.9 Å². The largest absolute Gasteiger partial charge is 0.460 e. The Labute approximate surface area is 439 Å². The van der Waals surface area contributed by atoms with Gasteiger partial charge in [0.05, 0.1) is 0 Å². The standard InChI is InChI=1S/C36H26F36N8O4/c37-21(38,25(45,46)29(53,54)33(61,62)63)9-81-17-73-15(74-18(77-17)82-10-22(39,40)26(47,48)30(55,56)34(64,65)66)79-5-1-13(2-6-79)14-3-7-80(8-4-14)16-75-19(83-11-23(41,42)27(49,50)31(57,58)35(67,68)69)78-20(76-16)84-12-24(43,44)28(51,52)32(59,60)36(70,71)72/h13-14H,1-12H2. The maximum atomic E-state index is 14.3. The molecule has 0 amide bonds. The van der Waals surface area contributed by atoms with Crippen LogP contribution in [0.2, 0.25) is 0 Å². The highest BCUT2D eigenvalue weighted by atomic mass is 19.5. The zero-order chi connectivity index (χ0) is 65.3. The van der Waals surface area contributed by atoms with Crippen molar-refractivity contribution in [3.63, 3.8) is 0 Å². The maximum Gasteiger partial charge on any atom is 0.460 e. The van der Waals surface area contributed by atoms with Crippen LogP contribution in [0.5, 0.6) is 24.0 Å². The molecule has 2 aliphatic rings. The molecule has 0 unspecified atom stereocenters. The number of rotatable bonds is 23. The number of ether oxygens (including phenoxy) is 4. The summed E-state index contributed by atoms with van der Waals surface area (Å²) < 4.78 is 500. The molecule has 486 valence electrons. The van der Waals surface area contributed by atoms with E-state index in [0.717, 1.165) is 9.80 Å². The first-order valence-corrected chi connectivity index (χ1v) is 21.6. The van der Waals surface area contributed by atoms with Crippen molar-refractivity contribution in [2.45, 2.75) is 121 Å². The fourth-order valence-electron chi connectivity index (χ4n) is 6.95. The molecule has 2 fully saturated rings. The number of nitrogens with zero attached hydrogens (tertiary/aromatic N) is 8. The van der Waals surface area contributed by atoms with Crippen molar-refractivity contribution in [1.29, 1.82) is 0 Å². The van der Waals surface area contributed by atoms with Crippen LogP contribution >= 0.6 is 0 Å². The van der Waals surface area contributed by atoms with Crippen LogP contribution in [0, 0.1) is 11.8 Å². The SMILES string of the molecule is FC(F)(F)C(F)(F)C(F)(F)C(F)(F)COc1nc(OCC(F)(F)C(F)(F)C(F)(F)C(F)(F)F)nc(N2CCC(C3CCN(c4nc(OCC(F)(F)C(F)(F)C(F)(F)C(F)(F)F)nc(OCC(F)(F)C(F)(F)C(F)(F)C(F)(F)F)n4)CC3)CC2)n1. The highest BCUT2D eigenvalue weighted by Crippen LogP contribution is 2.57. The summed E-state index contributed by atoms with van der Waals surface area (Å²) in [5.41, 5.74) is 0. The van der Waals surface area contributed by atoms with Crippen LogP contribution in [-0.4, -0.2) is 178 Å². The molecule has 4 rings (SSSR count). The molecular formula is C36H26F36N8O4. The Morgan fingerprint density at radius 3 is 0.583 bits per heavy atom. The smallest absolute Gasteiger partial charge is 0.457 e. The van der Waals surface area contributed by atoms with Crippen molar-refractivity contribution in [1.82, 2.24) is 29.9 Å². The van der Waals surface area contributed by atoms with Crippen LogP contribution < -0.4 is 28.7 Å². The van der Waals surface area contributed by atoms with Gasteiger partial charge in [0.25, 0.3) is 0 Å². The highest BCUT2D eigenvalue weighted by Gasteiger charge is 2.85. The zero-order valence-corrected chi connectivity index (χ0v) is 39.5. The normalized spacial score (nSPS) is 17.7. The predicted molar refractivity (Wildman–Crippen MR) is 195 cm³/mol. The van der Waals surface area contributed by atoms with Crippen LogP contribution in [0.4, 0.5) is 170 Å². The van der Waals surface area contributed by atoms with E-state index in [-0.39, 0.29) is 25.7 Å². The average molecular weight is 1320 g/mol. The fraction of sp³-hybridized carbons (Fsp3) is 0.833. The summed E-state index contributed by atoms with van der Waals surface area (Å²) >= 11 is 0. The van der Waals surface area contributed by atoms with E-state index in [4.69, 9.17) is 0 Å². The third-order valence-electron chi connectivity index (χ3n) is 11.8. The summed E-state index contributed by atoms with van der Waals surface area (Å²) in [5, 5.41) is 0. The van der Waals surface area contributed by atoms with E-state index >= 15 is 0 Å². The van der Waals surface area contributed by atoms with Gasteiger partial charge in [-0.1, -0.05) is 0 Å². The van der Waals surface area contributed by atoms with Gasteiger partial charge in [0.2, 0.25) is 11.9 Å². The Morgan fingerprint density at radius 2 is 0.429 bits per heavy atom. The number of hydrogen-bond acceptors (Lipinski definition) is 12. The van der Waals surface area contributed by atoms with Crippen molar-refractivity contribution in [3.05, 3.63) is 0 Å². The van der Waals surface area contributed by atoms with Gasteiger partial charge in [0.15, 0.2) is 26.4 Å². The first kappa shape index (κ1) is 70.8. The Morgan fingerprint density at radius 1 is 0.262 bits per heavy atom. The minimum Gasteiger partial charge on any atom is -0.457 e. The molecule has 48 heteroatoms. The molecule has 84 heavy (non-hydrogen) atoms. The molecule has 2 aromatic rings. The Kier molecular flexibility index (Phi) is 18.7. The van der Waals surface area contributed by atoms with E-state index in [9.17, 15) is 158 Å². The molecule has 0 radical (unpaired) electrons. The van der Waals surface area contributed by atoms with Gasteiger partial charge >= 0.3 is 120 Å². The van der Waals surface area contributed by atoms with Crippen LogP contribution in [-0.2, 0) is 0 Å². The lowest BCUT2D eigenvalue weighted by Gasteiger charge is -2.40. The van der Waals surface area contributed by atoms with E-state index in [0.29, 0.717) is 0 Å². The summed E-state index contributed by atoms with van der Waals surface area (Å²) in [6.45, 7) is -15.7. The van der Waals surface area contributed by atoms with Gasteiger partial charge in [-0.05, 0) is 37.5 Å². The molecule has 2 aliphatic heterocycles. The minimum absolute atomic E-state index is 0.281. The highest BCUT2D eigenvalue weighted by molar-refractivity contribution is 5.35. The number of halogens is 36. The number of anilines is 2. The van der Waals surface area contributed by atoms with Gasteiger partial charge in [0, 0.05) is 26.2 Å². The lowest BCUT2D eigenvalue weighted by molar-refractivity contribution is -0.398. The van der Waals surface area contributed by atoms with E-state index in [1.165, 1.54) is 0 Å². The fourth-order valence-corrected chi connectivity index (χ4v) is 6.95. The monoisotopic (exact) mass is 1320 g/mol. The molecule has 2 aromatic heterocycles. The lowest BCUT2D eigenvalue weighted by Crippen LogP contribution is -2.62. The number of hydrogen-bond donors (Lipinski definition) is 0. The van der Waals surface area contributed by atoms with Crippen molar-refractivity contribution in [2.24, 2.45) is 11.8 Å². The third kappa shape index (κ3) is 13.0. The molecule has 0 atom stereocenters. The van der Waals surface area contributed by atoms with Crippen LogP contribution in [0.15, 0.2) is 0 Å². The average Bonchev–Trinajstić information content (AvgIpc) is 1.87. The predicted octanol–water partition coefficient (Wildman–Crippen LogP) is 12.6. The first-order valence-electron chi connectivity index (χ1n) is 21.6. The second kappa shape index (κ2) is 22.2. The second-order valence-electron chi connectivity index (χ2n) is 17.6. The van der Waals surface area contributed by atoms with Gasteiger partial charge < -0.3 is 28.7 Å². The van der Waals surface area contributed by atoms with Crippen molar-refractivity contribution < 1.29 is 177 Å². The first-order chi connectivity index (χ1) is 37.2. The summed E-state index contributed by atoms with van der Waals surface area (Å²) in [6, 6.07) is -8.24. The summed E-state index contributed by atoms with van der Waals surface area (Å²) in [4.78, 5) is 19.5. The van der Waals surface area contributed by atoms with Crippen LogP contribution in [0.25, 0.3) is 0 Å². The van der Waals surface area contributed by atoms with Crippen molar-refractivity contribution in [3.8, 4) is 24.0 Å². The number of alkyl halides is 36. The second-order valence-corrected chi connectivity index (χ2v) is 17.6. The lowest BCUT2D eigenvalue weighted by atomic mass is 9.79. The van der Waals surface area contributed by atoms with Gasteiger partial charge in [-0.15, -0.1) is 9.97 Å². The quantitative estimate of drug-likeness (QED) is 0.0985. The van der Waals surface area contributed by atoms with Crippen LogP contribution in [0.1, 0.15) is 25.7 Å². The third-order valence-corrected chi connectivity index (χ3v) is 11.8. The number of piperidine rings is 2. The Bertz CT molecular complexity index is 2260. The van der Waals surface area contributed by atoms with Gasteiger partial charge in [-0.25, -0.2) is 0 Å². The number of aromatic nitrogens is 6. The summed E-state index contributed by atoms with van der Waals surface area (Å²) in [7, 11) is 0. The molecular weight excluding hydrogens is 1290 g/mol. The topological polar surface area (TPSA) is 121 Å². The molecule has 0 aliphatic carbocycles. The van der Waals surface area contributed by atoms with Gasteiger partial charge in [0.1, 0.15) is 0 Å². The van der Waals surface area contributed by atoms with E-state index in [1.807, 2.05) is 0 Å². The molecule has 0 N–H and O–H groups in total. The Hall–Kier alpha value is -5.70. The minimum atomic E-state index is -7.56. The Balaban J connectivity index is 1.61. The molecule has 0 aromatic carbocycles. The molecule has 0 bridgehead atoms. The summed E-state index contributed by atoms with van der Waals surface area (Å²) in [6.07, 6.45) is -30.8. The molecule has 2 saturated heterocycles.